The van der Waals surface area contributed by atoms with Crippen LogP contribution in [0.4, 0.5) is 0 Å². The lowest BCUT2D eigenvalue weighted by molar-refractivity contribution is -0.273. The van der Waals surface area contributed by atoms with Gasteiger partial charge in [0.1, 0.15) is 5.75 Å². The average Bonchev–Trinajstić information content (AvgIpc) is 3.77. The SMILES string of the molecule is CC(C)(C)[Si](OC[C@H]1C[C@@H]2C(=O)N(Cc3cccs3)C(=O)[C@@H]2[C@@H]2C[C@@H](c3cc(Br)ccc3O)O[C@]12O)(c1ccccc1)c1ccccc1. The number of halogens is 1. The molecule has 3 heterocycles. The number of imide groups is 1. The number of carbonyl (C=O) groups excluding carboxylic acids is 2. The van der Waals surface area contributed by atoms with Crippen molar-refractivity contribution in [2.75, 3.05) is 6.61 Å². The topological polar surface area (TPSA) is 96.3 Å². The number of rotatable bonds is 8. The number of fused-ring (bicyclic) bond motifs is 3. The van der Waals surface area contributed by atoms with E-state index in [-0.39, 0.29) is 48.6 Å². The Morgan fingerprint density at radius 2 is 1.62 bits per heavy atom. The number of carbonyl (C=O) groups is 2. The minimum absolute atomic E-state index is 0.0512. The molecular weight excluding hydrogens is 706 g/mol. The van der Waals surface area contributed by atoms with Crippen LogP contribution in [0.2, 0.25) is 5.04 Å². The molecule has 1 saturated carbocycles. The number of likely N-dealkylation sites (tertiary alicyclic amines) is 1. The standard InChI is InChI=1S/C38H40BrNO6SSi/c1-37(2,3)48(27-12-6-4-7-13-27,28-14-8-5-9-15-28)45-23-24-19-30-34(36(43)40(35(30)42)22-26-11-10-18-47-26)31-21-33(46-38(24,31)44)29-20-25(39)16-17-32(29)41/h4-18,20,24,30-31,33-34,41,44H,19,21-23H2,1-3H3/t24-,30+,31+,33+,34+,38-/m1/s1. The van der Waals surface area contributed by atoms with Crippen LogP contribution in [0.3, 0.4) is 0 Å². The van der Waals surface area contributed by atoms with Crippen molar-refractivity contribution in [1.29, 1.82) is 0 Å². The summed E-state index contributed by atoms with van der Waals surface area (Å²) in [5.74, 6) is -4.79. The van der Waals surface area contributed by atoms with E-state index in [2.05, 4.69) is 61.0 Å². The largest absolute Gasteiger partial charge is 0.508 e. The maximum Gasteiger partial charge on any atom is 0.261 e. The Bertz CT molecular complexity index is 1760. The first-order chi connectivity index (χ1) is 22.9. The lowest BCUT2D eigenvalue weighted by Crippen LogP contribution is -2.67. The Morgan fingerprint density at radius 3 is 2.23 bits per heavy atom. The summed E-state index contributed by atoms with van der Waals surface area (Å²) in [7, 11) is -3.00. The Hall–Kier alpha value is -3.12. The molecular formula is C38H40BrNO6SSi. The molecule has 1 aromatic heterocycles. The van der Waals surface area contributed by atoms with E-state index in [9.17, 15) is 19.8 Å². The van der Waals surface area contributed by atoms with Crippen LogP contribution in [-0.2, 0) is 25.3 Å². The monoisotopic (exact) mass is 745 g/mol. The van der Waals surface area contributed by atoms with Crippen molar-refractivity contribution in [3.05, 3.63) is 111 Å². The highest BCUT2D eigenvalue weighted by Gasteiger charge is 2.67. The van der Waals surface area contributed by atoms with Crippen LogP contribution >= 0.6 is 27.3 Å². The Morgan fingerprint density at radius 1 is 0.958 bits per heavy atom. The third-order valence-corrected chi connectivity index (χ3v) is 17.0. The normalized spacial score (nSPS) is 27.3. The summed E-state index contributed by atoms with van der Waals surface area (Å²) in [5.41, 5.74) is 0.530. The van der Waals surface area contributed by atoms with Crippen molar-refractivity contribution in [3.63, 3.8) is 0 Å². The van der Waals surface area contributed by atoms with Crippen LogP contribution < -0.4 is 10.4 Å². The quantitative estimate of drug-likeness (QED) is 0.161. The molecule has 3 aliphatic rings. The van der Waals surface area contributed by atoms with E-state index in [1.165, 1.54) is 16.2 Å². The Labute approximate surface area is 294 Å². The van der Waals surface area contributed by atoms with Crippen LogP contribution in [-0.4, -0.2) is 47.6 Å². The number of thiophene rings is 1. The highest BCUT2D eigenvalue weighted by molar-refractivity contribution is 9.10. The summed E-state index contributed by atoms with van der Waals surface area (Å²) in [6.45, 7) is 6.95. The van der Waals surface area contributed by atoms with E-state index in [0.29, 0.717) is 5.56 Å². The molecule has 2 N–H and O–H groups in total. The van der Waals surface area contributed by atoms with Crippen molar-refractivity contribution < 1.29 is 29.0 Å². The van der Waals surface area contributed by atoms with Crippen molar-refractivity contribution in [2.24, 2.45) is 23.7 Å². The second kappa shape index (κ2) is 12.6. The first kappa shape index (κ1) is 33.4. The minimum atomic E-state index is -3.00. The van der Waals surface area contributed by atoms with Gasteiger partial charge in [0.25, 0.3) is 8.32 Å². The smallest absolute Gasteiger partial charge is 0.261 e. The molecule has 7 nitrogen and oxygen atoms in total. The first-order valence-electron chi connectivity index (χ1n) is 16.4. The maximum atomic E-state index is 14.1. The number of hydrogen-bond acceptors (Lipinski definition) is 7. The van der Waals surface area contributed by atoms with E-state index < -0.39 is 43.9 Å². The van der Waals surface area contributed by atoms with E-state index in [4.69, 9.17) is 9.16 Å². The molecule has 6 atom stereocenters. The highest BCUT2D eigenvalue weighted by atomic mass is 79.9. The van der Waals surface area contributed by atoms with Gasteiger partial charge < -0.3 is 19.4 Å². The predicted octanol–water partition coefficient (Wildman–Crippen LogP) is 6.38. The minimum Gasteiger partial charge on any atom is -0.508 e. The predicted molar refractivity (Wildman–Crippen MR) is 191 cm³/mol. The third-order valence-electron chi connectivity index (χ3n) is 10.6. The lowest BCUT2D eigenvalue weighted by Gasteiger charge is -2.48. The molecule has 2 saturated heterocycles. The van der Waals surface area contributed by atoms with Crippen LogP contribution in [0, 0.1) is 23.7 Å². The number of benzene rings is 3. The van der Waals surface area contributed by atoms with Crippen LogP contribution in [0.15, 0.2) is 101 Å². The highest BCUT2D eigenvalue weighted by Crippen LogP contribution is 2.59. The molecule has 0 unspecified atom stereocenters. The van der Waals surface area contributed by atoms with Gasteiger partial charge in [-0.15, -0.1) is 11.3 Å². The average molecular weight is 747 g/mol. The summed E-state index contributed by atoms with van der Waals surface area (Å²) in [4.78, 5) is 30.5. The number of nitrogens with zero attached hydrogens (tertiary/aromatic N) is 1. The van der Waals surface area contributed by atoms with Gasteiger partial charge in [0, 0.05) is 33.4 Å². The number of aliphatic hydroxyl groups is 1. The van der Waals surface area contributed by atoms with E-state index in [1.807, 2.05) is 53.9 Å². The number of phenolic OH excluding ortho intramolecular Hbond substituents is 1. The fourth-order valence-corrected chi connectivity index (χ4v) is 14.1. The molecule has 7 rings (SSSR count). The van der Waals surface area contributed by atoms with Crippen molar-refractivity contribution in [3.8, 4) is 5.75 Å². The fraction of sp³-hybridized carbons (Fsp3) is 0.368. The van der Waals surface area contributed by atoms with Gasteiger partial charge >= 0.3 is 0 Å². The Kier molecular flexibility index (Phi) is 8.79. The lowest BCUT2D eigenvalue weighted by atomic mass is 9.64. The maximum absolute atomic E-state index is 14.1. The molecule has 1 aliphatic carbocycles. The number of aromatic hydroxyl groups is 1. The van der Waals surface area contributed by atoms with Crippen LogP contribution in [0.1, 0.15) is 50.2 Å². The zero-order valence-corrected chi connectivity index (χ0v) is 30.6. The van der Waals surface area contributed by atoms with Gasteiger partial charge in [0.05, 0.1) is 24.5 Å². The summed E-state index contributed by atoms with van der Waals surface area (Å²) in [6, 6.07) is 29.6. The van der Waals surface area contributed by atoms with Gasteiger partial charge in [-0.05, 0) is 57.9 Å². The molecule has 0 bridgehead atoms. The molecule has 3 fully saturated rings. The number of hydrogen-bond donors (Lipinski definition) is 2. The second-order valence-electron chi connectivity index (χ2n) is 14.3. The van der Waals surface area contributed by atoms with E-state index >= 15 is 0 Å². The van der Waals surface area contributed by atoms with Gasteiger partial charge in [-0.25, -0.2) is 0 Å². The zero-order chi connectivity index (χ0) is 33.8. The third kappa shape index (κ3) is 5.50. The van der Waals surface area contributed by atoms with Crippen LogP contribution in [0.5, 0.6) is 5.75 Å². The summed E-state index contributed by atoms with van der Waals surface area (Å²) >= 11 is 5.01. The molecule has 250 valence electrons. The van der Waals surface area contributed by atoms with Crippen molar-refractivity contribution in [1.82, 2.24) is 4.90 Å². The molecule has 0 spiro atoms. The summed E-state index contributed by atoms with van der Waals surface area (Å²) in [5, 5.41) is 27.5. The molecule has 10 heteroatoms. The van der Waals surface area contributed by atoms with Gasteiger partial charge in [-0.3, -0.25) is 14.5 Å². The fourth-order valence-electron chi connectivity index (χ4n) is 8.42. The van der Waals surface area contributed by atoms with Gasteiger partial charge in [0.2, 0.25) is 11.8 Å². The molecule has 48 heavy (non-hydrogen) atoms. The molecule has 4 aromatic rings. The Balaban J connectivity index is 1.29. The molecule has 3 aromatic carbocycles. The van der Waals surface area contributed by atoms with Crippen molar-refractivity contribution >= 4 is 57.8 Å². The first-order valence-corrected chi connectivity index (χ1v) is 20.0. The van der Waals surface area contributed by atoms with E-state index in [0.717, 1.165) is 19.7 Å². The number of amides is 2. The van der Waals surface area contributed by atoms with Gasteiger partial charge in [-0.1, -0.05) is 103 Å². The molecule has 0 radical (unpaired) electrons. The van der Waals surface area contributed by atoms with E-state index in [1.54, 1.807) is 18.2 Å². The number of ether oxygens (including phenoxy) is 1. The van der Waals surface area contributed by atoms with Gasteiger partial charge in [-0.2, -0.15) is 0 Å². The number of phenols is 1. The summed E-state index contributed by atoms with van der Waals surface area (Å²) < 4.78 is 14.7. The zero-order valence-electron chi connectivity index (χ0n) is 27.2. The van der Waals surface area contributed by atoms with Crippen LogP contribution in [0.25, 0.3) is 0 Å². The summed E-state index contributed by atoms with van der Waals surface area (Å²) in [6.07, 6.45) is -0.150. The second-order valence-corrected chi connectivity index (χ2v) is 20.5. The molecule has 2 aliphatic heterocycles. The molecule has 2 amide bonds. The van der Waals surface area contributed by atoms with Gasteiger partial charge in [0.15, 0.2) is 5.79 Å². The van der Waals surface area contributed by atoms with Crippen molar-refractivity contribution in [2.45, 2.75) is 57.1 Å².